The highest BCUT2D eigenvalue weighted by atomic mass is 32.1. The van der Waals surface area contributed by atoms with Crippen molar-refractivity contribution in [1.29, 1.82) is 0 Å². The summed E-state index contributed by atoms with van der Waals surface area (Å²) in [6.07, 6.45) is 1.75. The van der Waals surface area contributed by atoms with Crippen molar-refractivity contribution in [2.24, 2.45) is 5.92 Å². The number of nitrogens with one attached hydrogen (secondary N) is 1. The zero-order valence-electron chi connectivity index (χ0n) is 12.7. The first-order valence-corrected chi connectivity index (χ1v) is 8.56. The summed E-state index contributed by atoms with van der Waals surface area (Å²) in [5.41, 5.74) is 0.913. The molecule has 22 heavy (non-hydrogen) atoms. The third-order valence-electron chi connectivity index (χ3n) is 3.96. The molecule has 3 heterocycles. The van der Waals surface area contributed by atoms with Gasteiger partial charge in [-0.1, -0.05) is 6.07 Å². The predicted octanol–water partition coefficient (Wildman–Crippen LogP) is 2.56. The van der Waals surface area contributed by atoms with Gasteiger partial charge in [0.15, 0.2) is 5.82 Å². The number of piperidine rings is 1. The highest BCUT2D eigenvalue weighted by molar-refractivity contribution is 7.13. The molecule has 1 aliphatic heterocycles. The van der Waals surface area contributed by atoms with E-state index in [4.69, 9.17) is 0 Å². The average molecular weight is 316 g/mol. The van der Waals surface area contributed by atoms with Crippen molar-refractivity contribution in [3.63, 3.8) is 0 Å². The maximum absolute atomic E-state index is 11.9. The first kappa shape index (κ1) is 15.0. The molecule has 0 saturated carbocycles. The Kier molecular flexibility index (Phi) is 4.68. The van der Waals surface area contributed by atoms with Crippen LogP contribution in [0.2, 0.25) is 0 Å². The van der Waals surface area contributed by atoms with Gasteiger partial charge in [-0.3, -0.25) is 4.79 Å². The summed E-state index contributed by atoms with van der Waals surface area (Å²) in [5, 5.41) is 13.6. The Balaban J connectivity index is 1.61. The molecule has 0 unspecified atom stereocenters. The van der Waals surface area contributed by atoms with Gasteiger partial charge in [-0.25, -0.2) is 0 Å². The van der Waals surface area contributed by atoms with E-state index in [9.17, 15) is 4.79 Å². The Bertz CT molecular complexity index is 604. The molecule has 3 rings (SSSR count). The zero-order chi connectivity index (χ0) is 15.4. The number of anilines is 1. The van der Waals surface area contributed by atoms with Crippen LogP contribution in [0.1, 0.15) is 19.8 Å². The van der Waals surface area contributed by atoms with Crippen molar-refractivity contribution < 1.29 is 4.79 Å². The SMILES string of the molecule is CCNC(=O)C1CCN(c2ccc(-c3cccs3)nn2)CC1. The molecule has 1 fully saturated rings. The van der Waals surface area contributed by atoms with Crippen LogP contribution in [0, 0.1) is 5.92 Å². The van der Waals surface area contributed by atoms with Gasteiger partial charge in [-0.15, -0.1) is 21.5 Å². The number of amides is 1. The molecule has 2 aromatic heterocycles. The van der Waals surface area contributed by atoms with Crippen molar-refractivity contribution in [3.8, 4) is 10.6 Å². The molecule has 0 bridgehead atoms. The summed E-state index contributed by atoms with van der Waals surface area (Å²) >= 11 is 1.67. The quantitative estimate of drug-likeness (QED) is 0.942. The van der Waals surface area contributed by atoms with Crippen molar-refractivity contribution in [1.82, 2.24) is 15.5 Å². The van der Waals surface area contributed by atoms with Crippen molar-refractivity contribution in [2.45, 2.75) is 19.8 Å². The van der Waals surface area contributed by atoms with Gasteiger partial charge in [0, 0.05) is 25.6 Å². The maximum atomic E-state index is 11.9. The Labute approximate surface area is 134 Å². The van der Waals surface area contributed by atoms with E-state index in [1.54, 1.807) is 11.3 Å². The molecule has 2 aromatic rings. The van der Waals surface area contributed by atoms with Crippen LogP contribution in [-0.2, 0) is 4.79 Å². The van der Waals surface area contributed by atoms with Crippen LogP contribution in [0.3, 0.4) is 0 Å². The largest absolute Gasteiger partial charge is 0.356 e. The fraction of sp³-hybridized carbons (Fsp3) is 0.438. The third-order valence-corrected chi connectivity index (χ3v) is 4.86. The monoisotopic (exact) mass is 316 g/mol. The van der Waals surface area contributed by atoms with E-state index in [0.717, 1.165) is 42.3 Å². The van der Waals surface area contributed by atoms with E-state index in [0.29, 0.717) is 6.54 Å². The lowest BCUT2D eigenvalue weighted by atomic mass is 9.96. The van der Waals surface area contributed by atoms with E-state index in [2.05, 4.69) is 20.4 Å². The summed E-state index contributed by atoms with van der Waals surface area (Å²) in [6, 6.07) is 8.10. The maximum Gasteiger partial charge on any atom is 0.223 e. The lowest BCUT2D eigenvalue weighted by Gasteiger charge is -2.31. The number of carbonyl (C=O) groups is 1. The molecule has 0 aliphatic carbocycles. The van der Waals surface area contributed by atoms with Gasteiger partial charge in [-0.05, 0) is 43.3 Å². The number of nitrogens with zero attached hydrogens (tertiary/aromatic N) is 3. The lowest BCUT2D eigenvalue weighted by molar-refractivity contribution is -0.125. The molecule has 1 saturated heterocycles. The minimum Gasteiger partial charge on any atom is -0.356 e. The van der Waals surface area contributed by atoms with Crippen LogP contribution in [0.5, 0.6) is 0 Å². The van der Waals surface area contributed by atoms with Crippen molar-refractivity contribution >= 4 is 23.1 Å². The second kappa shape index (κ2) is 6.87. The van der Waals surface area contributed by atoms with E-state index in [1.165, 1.54) is 0 Å². The normalized spacial score (nSPS) is 15.8. The van der Waals surface area contributed by atoms with Gasteiger partial charge in [0.1, 0.15) is 5.69 Å². The molecule has 1 aliphatic rings. The van der Waals surface area contributed by atoms with Gasteiger partial charge < -0.3 is 10.2 Å². The lowest BCUT2D eigenvalue weighted by Crippen LogP contribution is -2.40. The highest BCUT2D eigenvalue weighted by Crippen LogP contribution is 2.25. The van der Waals surface area contributed by atoms with Crippen LogP contribution >= 0.6 is 11.3 Å². The van der Waals surface area contributed by atoms with Crippen LogP contribution in [0.15, 0.2) is 29.6 Å². The summed E-state index contributed by atoms with van der Waals surface area (Å²) < 4.78 is 0. The minimum absolute atomic E-state index is 0.134. The summed E-state index contributed by atoms with van der Waals surface area (Å²) in [4.78, 5) is 15.2. The van der Waals surface area contributed by atoms with Crippen molar-refractivity contribution in [3.05, 3.63) is 29.6 Å². The number of aromatic nitrogens is 2. The van der Waals surface area contributed by atoms with Crippen LogP contribution in [0.4, 0.5) is 5.82 Å². The van der Waals surface area contributed by atoms with Crippen LogP contribution in [-0.4, -0.2) is 35.7 Å². The van der Waals surface area contributed by atoms with Crippen LogP contribution in [0.25, 0.3) is 10.6 Å². The second-order valence-corrected chi connectivity index (χ2v) is 6.36. The fourth-order valence-corrected chi connectivity index (χ4v) is 3.43. The topological polar surface area (TPSA) is 58.1 Å². The van der Waals surface area contributed by atoms with E-state index >= 15 is 0 Å². The Morgan fingerprint density at radius 1 is 1.32 bits per heavy atom. The summed E-state index contributed by atoms with van der Waals surface area (Å²) in [6.45, 7) is 4.37. The molecular formula is C16H20N4OS. The van der Waals surface area contributed by atoms with E-state index < -0.39 is 0 Å². The molecule has 1 amide bonds. The molecular weight excluding hydrogens is 296 g/mol. The molecule has 6 heteroatoms. The second-order valence-electron chi connectivity index (χ2n) is 5.41. The Hall–Kier alpha value is -1.95. The number of thiophene rings is 1. The average Bonchev–Trinajstić information content (AvgIpc) is 3.10. The smallest absolute Gasteiger partial charge is 0.223 e. The third kappa shape index (κ3) is 3.27. The summed E-state index contributed by atoms with van der Waals surface area (Å²) in [5.74, 6) is 1.21. The molecule has 0 atom stereocenters. The molecule has 5 nitrogen and oxygen atoms in total. The molecule has 0 aromatic carbocycles. The first-order chi connectivity index (χ1) is 10.8. The first-order valence-electron chi connectivity index (χ1n) is 7.68. The zero-order valence-corrected chi connectivity index (χ0v) is 13.5. The molecule has 116 valence electrons. The highest BCUT2D eigenvalue weighted by Gasteiger charge is 2.25. The van der Waals surface area contributed by atoms with Crippen molar-refractivity contribution in [2.75, 3.05) is 24.5 Å². The van der Waals surface area contributed by atoms with E-state index in [1.807, 2.05) is 36.6 Å². The fourth-order valence-electron chi connectivity index (χ4n) is 2.74. The number of hydrogen-bond acceptors (Lipinski definition) is 5. The number of hydrogen-bond donors (Lipinski definition) is 1. The molecule has 0 radical (unpaired) electrons. The van der Waals surface area contributed by atoms with Gasteiger partial charge in [0.25, 0.3) is 0 Å². The summed E-state index contributed by atoms with van der Waals surface area (Å²) in [7, 11) is 0. The van der Waals surface area contributed by atoms with Gasteiger partial charge in [0.2, 0.25) is 5.91 Å². The van der Waals surface area contributed by atoms with Gasteiger partial charge in [-0.2, -0.15) is 0 Å². The van der Waals surface area contributed by atoms with Gasteiger partial charge in [0.05, 0.1) is 4.88 Å². The predicted molar refractivity (Wildman–Crippen MR) is 89.0 cm³/mol. The molecule has 0 spiro atoms. The number of carbonyl (C=O) groups excluding carboxylic acids is 1. The minimum atomic E-state index is 0.134. The Morgan fingerprint density at radius 2 is 2.14 bits per heavy atom. The number of rotatable bonds is 4. The van der Waals surface area contributed by atoms with Gasteiger partial charge >= 0.3 is 0 Å². The van der Waals surface area contributed by atoms with E-state index in [-0.39, 0.29) is 11.8 Å². The van der Waals surface area contributed by atoms with Crippen LogP contribution < -0.4 is 10.2 Å². The molecule has 1 N–H and O–H groups in total. The standard InChI is InChI=1S/C16H20N4OS/c1-2-17-16(21)12-7-9-20(10-8-12)15-6-5-13(18-19-15)14-4-3-11-22-14/h3-6,11-12H,2,7-10H2,1H3,(H,17,21). The Morgan fingerprint density at radius 3 is 2.73 bits per heavy atom.